The average molecular weight is 259 g/mol. The molecule has 9 heteroatoms. The van der Waals surface area contributed by atoms with Gasteiger partial charge in [0.25, 0.3) is 0 Å². The first kappa shape index (κ1) is 14.6. The van der Waals surface area contributed by atoms with Crippen molar-refractivity contribution >= 4 is 16.8 Å². The summed E-state index contributed by atoms with van der Waals surface area (Å²) in [6.07, 6.45) is -1.10. The molecule has 0 saturated carbocycles. The van der Waals surface area contributed by atoms with Crippen LogP contribution in [0.5, 0.6) is 0 Å². The van der Waals surface area contributed by atoms with E-state index in [1.807, 2.05) is 0 Å². The van der Waals surface area contributed by atoms with Gasteiger partial charge in [-0.25, -0.2) is 9.78 Å². The van der Waals surface area contributed by atoms with Crippen LogP contribution in [0.2, 0.25) is 0 Å². The van der Waals surface area contributed by atoms with Gasteiger partial charge in [0, 0.05) is 23.3 Å². The second-order valence-electron chi connectivity index (χ2n) is 2.57. The normalized spacial score (nSPS) is 10.9. The van der Waals surface area contributed by atoms with Crippen molar-refractivity contribution in [3.05, 3.63) is 17.8 Å². The molecule has 0 aliphatic rings. The average Bonchev–Trinajstić information content (AvgIpc) is 2.47. The van der Waals surface area contributed by atoms with Crippen molar-refractivity contribution in [1.29, 1.82) is 0 Å². The number of nitrogens with zero attached hydrogens (tertiary/aromatic N) is 1. The van der Waals surface area contributed by atoms with E-state index in [9.17, 15) is 22.2 Å². The molecular weight excluding hydrogens is 251 g/mol. The van der Waals surface area contributed by atoms with Gasteiger partial charge < -0.3 is 9.52 Å². The second-order valence-corrected chi connectivity index (χ2v) is 4.06. The summed E-state index contributed by atoms with van der Waals surface area (Å²) >= 11 is 0. The van der Waals surface area contributed by atoms with Gasteiger partial charge in [-0.3, -0.25) is 4.21 Å². The van der Waals surface area contributed by atoms with Crippen molar-refractivity contribution in [2.24, 2.45) is 0 Å². The predicted molar refractivity (Wildman–Crippen MR) is 48.5 cm³/mol. The number of alkyl halides is 3. The number of hydrogen-bond acceptors (Lipinski definition) is 4. The summed E-state index contributed by atoms with van der Waals surface area (Å²) in [5.41, 5.74) is -1.12. The first-order valence-electron chi connectivity index (χ1n) is 3.65. The predicted octanol–water partition coefficient (Wildman–Crippen LogP) is 1.39. The van der Waals surface area contributed by atoms with Crippen LogP contribution < -0.4 is 0 Å². The molecule has 1 heterocycles. The van der Waals surface area contributed by atoms with E-state index >= 15 is 0 Å². The molecule has 1 N–H and O–H groups in total. The maximum Gasteiger partial charge on any atom is 0.452 e. The molecule has 5 nitrogen and oxygen atoms in total. The fraction of sp³-hybridized carbons (Fsp3) is 0.429. The quantitative estimate of drug-likeness (QED) is 0.824. The minimum atomic E-state index is -4.82. The van der Waals surface area contributed by atoms with E-state index in [0.717, 1.165) is 0 Å². The Kier molecular flexibility index (Phi) is 5.15. The Labute approximate surface area is 90.7 Å². The van der Waals surface area contributed by atoms with Crippen molar-refractivity contribution in [3.63, 3.8) is 0 Å². The zero-order valence-electron chi connectivity index (χ0n) is 8.24. The molecule has 1 aromatic rings. The molecule has 92 valence electrons. The first-order valence-corrected chi connectivity index (χ1v) is 5.62. The number of rotatable bonds is 1. The molecule has 0 amide bonds. The summed E-state index contributed by atoms with van der Waals surface area (Å²) in [4.78, 5) is 13.0. The fourth-order valence-corrected chi connectivity index (χ4v) is 0.600. The van der Waals surface area contributed by atoms with E-state index in [1.54, 1.807) is 12.5 Å². The summed E-state index contributed by atoms with van der Waals surface area (Å²) in [5, 5.41) is 8.20. The Morgan fingerprint density at radius 2 is 1.94 bits per heavy atom. The van der Waals surface area contributed by atoms with Crippen LogP contribution in [-0.2, 0) is 17.0 Å². The summed E-state index contributed by atoms with van der Waals surface area (Å²) in [5.74, 6) is -3.36. The highest BCUT2D eigenvalue weighted by Gasteiger charge is 2.40. The molecule has 0 aliphatic heterocycles. The van der Waals surface area contributed by atoms with Crippen LogP contribution in [-0.4, -0.2) is 32.8 Å². The van der Waals surface area contributed by atoms with Gasteiger partial charge in [-0.15, -0.1) is 0 Å². The minimum absolute atomic E-state index is 0.437. The van der Waals surface area contributed by atoms with E-state index in [2.05, 4.69) is 9.40 Å². The molecule has 0 aliphatic carbocycles. The maximum absolute atomic E-state index is 11.8. The summed E-state index contributed by atoms with van der Waals surface area (Å²) in [6.45, 7) is 0. The number of hydrogen-bond donors (Lipinski definition) is 1. The van der Waals surface area contributed by atoms with E-state index in [-0.39, 0.29) is 0 Å². The van der Waals surface area contributed by atoms with Gasteiger partial charge in [-0.1, -0.05) is 0 Å². The van der Waals surface area contributed by atoms with Crippen molar-refractivity contribution in [2.75, 3.05) is 12.5 Å². The lowest BCUT2D eigenvalue weighted by molar-refractivity contribution is -0.153. The molecule has 0 spiro atoms. The summed E-state index contributed by atoms with van der Waals surface area (Å²) in [6, 6.07) is 0. The third-order valence-corrected chi connectivity index (χ3v) is 1.03. The molecule has 0 radical (unpaired) electrons. The molecule has 16 heavy (non-hydrogen) atoms. The zero-order valence-corrected chi connectivity index (χ0v) is 9.06. The van der Waals surface area contributed by atoms with Crippen LogP contribution in [0.25, 0.3) is 0 Å². The van der Waals surface area contributed by atoms with Crippen LogP contribution in [0, 0.1) is 0 Å². The Bertz CT molecular complexity index is 383. The van der Waals surface area contributed by atoms with Gasteiger partial charge >= 0.3 is 12.1 Å². The van der Waals surface area contributed by atoms with Gasteiger partial charge in [0.15, 0.2) is 12.1 Å². The van der Waals surface area contributed by atoms with E-state index in [1.165, 1.54) is 0 Å². The fourth-order valence-electron chi connectivity index (χ4n) is 0.600. The Hall–Kier alpha value is -1.38. The number of carbonyl (C=O) groups is 1. The second kappa shape index (κ2) is 5.64. The molecule has 1 aromatic heterocycles. The highest BCUT2D eigenvalue weighted by atomic mass is 32.2. The minimum Gasteiger partial charge on any atom is -0.476 e. The topological polar surface area (TPSA) is 80.4 Å². The Balaban J connectivity index is 0.000000487. The number of oxazole rings is 1. The maximum atomic E-state index is 11.8. The number of aromatic nitrogens is 1. The molecule has 0 saturated heterocycles. The largest absolute Gasteiger partial charge is 0.476 e. The third kappa shape index (κ3) is 4.91. The SMILES string of the molecule is CS(C)=O.O=C(O)c1ncoc1C(F)(F)F. The Morgan fingerprint density at radius 1 is 1.50 bits per heavy atom. The van der Waals surface area contributed by atoms with Gasteiger partial charge in [-0.2, -0.15) is 13.2 Å². The molecular formula is C7H8F3NO4S. The number of halogens is 3. The van der Waals surface area contributed by atoms with Crippen molar-refractivity contribution in [1.82, 2.24) is 4.98 Å². The van der Waals surface area contributed by atoms with Gasteiger partial charge in [0.1, 0.15) is 0 Å². The lowest BCUT2D eigenvalue weighted by Crippen LogP contribution is -2.10. The molecule has 0 fully saturated rings. The van der Waals surface area contributed by atoms with Crippen LogP contribution in [0.3, 0.4) is 0 Å². The van der Waals surface area contributed by atoms with Gasteiger partial charge in [-0.05, 0) is 0 Å². The smallest absolute Gasteiger partial charge is 0.452 e. The van der Waals surface area contributed by atoms with E-state index < -0.39 is 34.4 Å². The first-order chi connectivity index (χ1) is 7.16. The van der Waals surface area contributed by atoms with Crippen LogP contribution >= 0.6 is 0 Å². The van der Waals surface area contributed by atoms with E-state index in [0.29, 0.717) is 6.39 Å². The number of aromatic carboxylic acids is 1. The lowest BCUT2D eigenvalue weighted by atomic mass is 10.3. The summed E-state index contributed by atoms with van der Waals surface area (Å²) < 4.78 is 49.0. The van der Waals surface area contributed by atoms with Crippen molar-refractivity contribution < 1.29 is 31.7 Å². The third-order valence-electron chi connectivity index (χ3n) is 1.03. The van der Waals surface area contributed by atoms with Crippen molar-refractivity contribution in [2.45, 2.75) is 6.18 Å². The molecule has 0 atom stereocenters. The molecule has 0 aromatic carbocycles. The molecule has 0 unspecified atom stereocenters. The standard InChI is InChI=1S/C5H2F3NO3.C2H6OS/c6-5(7,8)3-2(4(10)11)9-1-12-3;1-4(2)3/h1H,(H,10,11);1-2H3. The molecule has 1 rings (SSSR count). The monoisotopic (exact) mass is 259 g/mol. The number of carboxylic acid groups (broad SMARTS) is 1. The van der Waals surface area contributed by atoms with Gasteiger partial charge in [0.05, 0.1) is 0 Å². The Morgan fingerprint density at radius 3 is 2.19 bits per heavy atom. The highest BCUT2D eigenvalue weighted by molar-refractivity contribution is 7.83. The van der Waals surface area contributed by atoms with Gasteiger partial charge in [0.2, 0.25) is 5.76 Å². The van der Waals surface area contributed by atoms with Crippen molar-refractivity contribution in [3.8, 4) is 0 Å². The van der Waals surface area contributed by atoms with Crippen LogP contribution in [0.15, 0.2) is 10.8 Å². The van der Waals surface area contributed by atoms with Crippen LogP contribution in [0.4, 0.5) is 13.2 Å². The zero-order chi connectivity index (χ0) is 12.9. The number of carboxylic acids is 1. The summed E-state index contributed by atoms with van der Waals surface area (Å²) in [7, 11) is -0.611. The highest BCUT2D eigenvalue weighted by Crippen LogP contribution is 2.31. The molecule has 0 bridgehead atoms. The lowest BCUT2D eigenvalue weighted by Gasteiger charge is -2.00. The van der Waals surface area contributed by atoms with Crippen LogP contribution in [0.1, 0.15) is 16.2 Å². The van der Waals surface area contributed by atoms with E-state index in [4.69, 9.17) is 5.11 Å².